The number of alkyl halides is 2. The van der Waals surface area contributed by atoms with E-state index in [1.807, 2.05) is 0 Å². The van der Waals surface area contributed by atoms with Gasteiger partial charge in [-0.1, -0.05) is 12.1 Å². The minimum absolute atomic E-state index is 0.0347. The lowest BCUT2D eigenvalue weighted by Crippen LogP contribution is -2.22. The number of rotatable bonds is 5. The van der Waals surface area contributed by atoms with Crippen molar-refractivity contribution in [3.05, 3.63) is 35.6 Å². The van der Waals surface area contributed by atoms with Crippen LogP contribution >= 0.6 is 0 Å². The Kier molecular flexibility index (Phi) is 4.62. The van der Waals surface area contributed by atoms with Gasteiger partial charge in [0.05, 0.1) is 0 Å². The Bertz CT molecular complexity index is 302. The maximum atomic E-state index is 12.8. The van der Waals surface area contributed by atoms with Crippen LogP contribution in [0, 0.1) is 11.7 Å². The largest absolute Gasteiger partial charge is 0.330 e. The molecule has 0 fully saturated rings. The monoisotopic (exact) mass is 217 g/mol. The zero-order valence-corrected chi connectivity index (χ0v) is 8.30. The van der Waals surface area contributed by atoms with Crippen molar-refractivity contribution in [2.75, 3.05) is 6.54 Å². The van der Waals surface area contributed by atoms with Gasteiger partial charge in [-0.05, 0) is 30.5 Å². The van der Waals surface area contributed by atoms with E-state index in [1.54, 1.807) is 12.1 Å². The van der Waals surface area contributed by atoms with Crippen LogP contribution in [0.3, 0.4) is 0 Å². The average molecular weight is 217 g/mol. The van der Waals surface area contributed by atoms with Gasteiger partial charge in [-0.3, -0.25) is 0 Å². The molecule has 84 valence electrons. The number of hydrogen-bond donors (Lipinski definition) is 1. The SMILES string of the molecule is NCC(CCc1cccc(F)c1)C(F)F. The molecule has 1 aromatic carbocycles. The normalized spacial score (nSPS) is 13.1. The maximum Gasteiger partial charge on any atom is 0.242 e. The van der Waals surface area contributed by atoms with Gasteiger partial charge in [0.2, 0.25) is 6.43 Å². The summed E-state index contributed by atoms with van der Waals surface area (Å²) in [6.07, 6.45) is -1.68. The molecule has 1 nitrogen and oxygen atoms in total. The summed E-state index contributed by atoms with van der Waals surface area (Å²) in [5.74, 6) is -1.14. The first-order chi connectivity index (χ1) is 7.13. The van der Waals surface area contributed by atoms with Crippen molar-refractivity contribution in [3.8, 4) is 0 Å². The molecule has 1 aromatic rings. The second kappa shape index (κ2) is 5.75. The standard InChI is InChI=1S/C11H14F3N/c12-10-3-1-2-8(6-10)4-5-9(7-15)11(13)14/h1-3,6,9,11H,4-5,7,15H2. The van der Waals surface area contributed by atoms with E-state index >= 15 is 0 Å². The van der Waals surface area contributed by atoms with Gasteiger partial charge in [0.1, 0.15) is 5.82 Å². The van der Waals surface area contributed by atoms with Crippen molar-refractivity contribution in [1.82, 2.24) is 0 Å². The van der Waals surface area contributed by atoms with Gasteiger partial charge >= 0.3 is 0 Å². The van der Waals surface area contributed by atoms with Gasteiger partial charge in [-0.2, -0.15) is 0 Å². The van der Waals surface area contributed by atoms with Crippen LogP contribution in [0.5, 0.6) is 0 Å². The Morgan fingerprint density at radius 1 is 1.27 bits per heavy atom. The average Bonchev–Trinajstić information content (AvgIpc) is 2.18. The first-order valence-corrected chi connectivity index (χ1v) is 4.86. The highest BCUT2D eigenvalue weighted by Gasteiger charge is 2.17. The van der Waals surface area contributed by atoms with Gasteiger partial charge in [0.25, 0.3) is 0 Å². The molecule has 0 heterocycles. The fourth-order valence-electron chi connectivity index (χ4n) is 1.39. The third-order valence-electron chi connectivity index (χ3n) is 2.35. The lowest BCUT2D eigenvalue weighted by Gasteiger charge is -2.12. The molecule has 0 radical (unpaired) electrons. The molecule has 1 atom stereocenters. The van der Waals surface area contributed by atoms with Crippen molar-refractivity contribution >= 4 is 0 Å². The van der Waals surface area contributed by atoms with Crippen LogP contribution in [0.15, 0.2) is 24.3 Å². The Balaban J connectivity index is 2.49. The zero-order valence-electron chi connectivity index (χ0n) is 8.30. The smallest absolute Gasteiger partial charge is 0.242 e. The number of halogens is 3. The Morgan fingerprint density at radius 2 is 2.00 bits per heavy atom. The summed E-state index contributed by atoms with van der Waals surface area (Å²) in [7, 11) is 0. The molecule has 2 N–H and O–H groups in total. The second-order valence-electron chi connectivity index (χ2n) is 3.50. The summed E-state index contributed by atoms with van der Waals surface area (Å²) in [6, 6.07) is 5.99. The van der Waals surface area contributed by atoms with Crippen molar-refractivity contribution in [2.24, 2.45) is 11.7 Å². The fourth-order valence-corrected chi connectivity index (χ4v) is 1.39. The van der Waals surface area contributed by atoms with Gasteiger partial charge in [0, 0.05) is 12.5 Å². The third kappa shape index (κ3) is 3.91. The summed E-state index contributed by atoms with van der Waals surface area (Å²) in [5, 5.41) is 0. The summed E-state index contributed by atoms with van der Waals surface area (Å²) in [6.45, 7) is -0.0347. The molecule has 0 aliphatic carbocycles. The van der Waals surface area contributed by atoms with Crippen molar-refractivity contribution in [1.29, 1.82) is 0 Å². The maximum absolute atomic E-state index is 12.8. The quantitative estimate of drug-likeness (QED) is 0.806. The van der Waals surface area contributed by atoms with Crippen LogP contribution in [0.1, 0.15) is 12.0 Å². The highest BCUT2D eigenvalue weighted by molar-refractivity contribution is 5.16. The third-order valence-corrected chi connectivity index (χ3v) is 2.35. The zero-order chi connectivity index (χ0) is 11.3. The summed E-state index contributed by atoms with van der Waals surface area (Å²) < 4.78 is 37.4. The molecule has 1 rings (SSSR count). The van der Waals surface area contributed by atoms with Crippen LogP contribution in [-0.4, -0.2) is 13.0 Å². The minimum atomic E-state index is -2.40. The Labute approximate surface area is 87.1 Å². The van der Waals surface area contributed by atoms with E-state index in [1.165, 1.54) is 12.1 Å². The van der Waals surface area contributed by atoms with Gasteiger partial charge < -0.3 is 5.73 Å². The molecule has 15 heavy (non-hydrogen) atoms. The summed E-state index contributed by atoms with van der Waals surface area (Å²) >= 11 is 0. The first-order valence-electron chi connectivity index (χ1n) is 4.86. The number of hydrogen-bond acceptors (Lipinski definition) is 1. The summed E-state index contributed by atoms with van der Waals surface area (Å²) in [4.78, 5) is 0. The van der Waals surface area contributed by atoms with E-state index in [-0.39, 0.29) is 18.8 Å². The molecule has 0 aromatic heterocycles. The lowest BCUT2D eigenvalue weighted by molar-refractivity contribution is 0.0769. The van der Waals surface area contributed by atoms with Crippen LogP contribution in [0.4, 0.5) is 13.2 Å². The van der Waals surface area contributed by atoms with Crippen LogP contribution in [0.2, 0.25) is 0 Å². The molecule has 0 bridgehead atoms. The molecule has 0 aliphatic rings. The number of aryl methyl sites for hydroxylation is 1. The highest BCUT2D eigenvalue weighted by atomic mass is 19.3. The molecule has 0 saturated heterocycles. The van der Waals surface area contributed by atoms with Crippen LogP contribution in [-0.2, 0) is 6.42 Å². The molecule has 1 unspecified atom stereocenters. The van der Waals surface area contributed by atoms with Crippen molar-refractivity contribution in [2.45, 2.75) is 19.3 Å². The molecule has 0 saturated carbocycles. The van der Waals surface area contributed by atoms with E-state index in [2.05, 4.69) is 0 Å². The first kappa shape index (κ1) is 12.0. The van der Waals surface area contributed by atoms with Gasteiger partial charge in [0.15, 0.2) is 0 Å². The van der Waals surface area contributed by atoms with Crippen molar-refractivity contribution in [3.63, 3.8) is 0 Å². The van der Waals surface area contributed by atoms with E-state index in [0.29, 0.717) is 6.42 Å². The van der Waals surface area contributed by atoms with E-state index in [4.69, 9.17) is 5.73 Å². The molecular formula is C11H14F3N. The predicted molar refractivity (Wildman–Crippen MR) is 53.3 cm³/mol. The Morgan fingerprint density at radius 3 is 2.53 bits per heavy atom. The second-order valence-corrected chi connectivity index (χ2v) is 3.50. The van der Waals surface area contributed by atoms with E-state index in [9.17, 15) is 13.2 Å². The fraction of sp³-hybridized carbons (Fsp3) is 0.455. The highest BCUT2D eigenvalue weighted by Crippen LogP contribution is 2.16. The van der Waals surface area contributed by atoms with E-state index < -0.39 is 12.3 Å². The minimum Gasteiger partial charge on any atom is -0.330 e. The van der Waals surface area contributed by atoms with Crippen LogP contribution < -0.4 is 5.73 Å². The summed E-state index contributed by atoms with van der Waals surface area (Å²) in [5.41, 5.74) is 5.94. The topological polar surface area (TPSA) is 26.0 Å². The van der Waals surface area contributed by atoms with Crippen molar-refractivity contribution < 1.29 is 13.2 Å². The number of nitrogens with two attached hydrogens (primary N) is 1. The predicted octanol–water partition coefficient (Wildman–Crippen LogP) is 2.60. The van der Waals surface area contributed by atoms with Crippen LogP contribution in [0.25, 0.3) is 0 Å². The van der Waals surface area contributed by atoms with E-state index in [0.717, 1.165) is 5.56 Å². The van der Waals surface area contributed by atoms with Gasteiger partial charge in [-0.25, -0.2) is 13.2 Å². The van der Waals surface area contributed by atoms with Gasteiger partial charge in [-0.15, -0.1) is 0 Å². The Hall–Kier alpha value is -1.03. The number of benzene rings is 1. The molecular weight excluding hydrogens is 203 g/mol. The molecule has 4 heteroatoms. The molecule has 0 amide bonds. The molecule has 0 aliphatic heterocycles. The molecule has 0 spiro atoms. The lowest BCUT2D eigenvalue weighted by atomic mass is 10.00.